The van der Waals surface area contributed by atoms with Crippen molar-refractivity contribution in [3.05, 3.63) is 35.9 Å². The third-order valence-corrected chi connectivity index (χ3v) is 5.59. The summed E-state index contributed by atoms with van der Waals surface area (Å²) in [7, 11) is 1.87. The van der Waals surface area contributed by atoms with Crippen molar-refractivity contribution in [2.45, 2.75) is 30.7 Å². The molecule has 0 aliphatic carbocycles. The topological polar surface area (TPSA) is 95.7 Å². The lowest BCUT2D eigenvalue weighted by Gasteiger charge is -2.43. The van der Waals surface area contributed by atoms with Gasteiger partial charge in [0.05, 0.1) is 12.5 Å². The van der Waals surface area contributed by atoms with Gasteiger partial charge in [-0.3, -0.25) is 9.59 Å². The Morgan fingerprint density at radius 2 is 1.88 bits per heavy atom. The molecule has 2 aliphatic rings. The van der Waals surface area contributed by atoms with E-state index in [1.165, 1.54) is 0 Å². The molecule has 2 aliphatic heterocycles. The summed E-state index contributed by atoms with van der Waals surface area (Å²) in [5.74, 6) is -0.0911. The zero-order chi connectivity index (χ0) is 18.0. The van der Waals surface area contributed by atoms with Gasteiger partial charge in [-0.2, -0.15) is 0 Å². The van der Waals surface area contributed by atoms with Crippen LogP contribution in [-0.2, 0) is 9.59 Å². The fraction of sp³-hybridized carbons (Fsp3) is 0.500. The quantitative estimate of drug-likeness (QED) is 0.843. The number of benzene rings is 1. The van der Waals surface area contributed by atoms with E-state index in [0.29, 0.717) is 13.1 Å². The van der Waals surface area contributed by atoms with E-state index in [-0.39, 0.29) is 29.8 Å². The van der Waals surface area contributed by atoms with E-state index < -0.39 is 6.03 Å². The van der Waals surface area contributed by atoms with E-state index in [4.69, 9.17) is 5.73 Å². The van der Waals surface area contributed by atoms with E-state index in [0.717, 1.165) is 24.8 Å². The van der Waals surface area contributed by atoms with Crippen molar-refractivity contribution in [2.24, 2.45) is 5.73 Å². The molecule has 0 radical (unpaired) electrons. The number of primary amides is 1. The second-order valence-electron chi connectivity index (χ2n) is 6.89. The summed E-state index contributed by atoms with van der Waals surface area (Å²) in [6.07, 6.45) is 2.29. The molecular formula is C18H24N4O3. The average Bonchev–Trinajstić information content (AvgIpc) is 2.86. The van der Waals surface area contributed by atoms with Gasteiger partial charge in [-0.1, -0.05) is 30.3 Å². The number of likely N-dealkylation sites (N-methyl/N-ethyl adjacent to an activating group) is 1. The molecule has 7 nitrogen and oxygen atoms in total. The molecule has 2 saturated heterocycles. The lowest BCUT2D eigenvalue weighted by molar-refractivity contribution is -0.135. The molecule has 2 fully saturated rings. The molecule has 0 unspecified atom stereocenters. The highest BCUT2D eigenvalue weighted by molar-refractivity contribution is 5.87. The van der Waals surface area contributed by atoms with Gasteiger partial charge in [0.2, 0.25) is 11.8 Å². The number of carbonyl (C=O) groups excluding carboxylic acids is 3. The Morgan fingerprint density at radius 1 is 1.24 bits per heavy atom. The standard InChI is InChI=1S/C18H24N4O3/c1-21-16(24)14(13-5-3-2-4-6-13)11-18(21)7-9-22(10-8-18)15(23)12-20-17(19)25/h2-6,14H,7-12H2,1H3,(H3,19,20,25)/t14-/m1/s1. The first-order valence-corrected chi connectivity index (χ1v) is 8.57. The fourth-order valence-electron chi connectivity index (χ4n) is 4.00. The van der Waals surface area contributed by atoms with Gasteiger partial charge in [0, 0.05) is 25.7 Å². The molecule has 4 amide bonds. The van der Waals surface area contributed by atoms with Crippen molar-refractivity contribution in [1.29, 1.82) is 0 Å². The minimum Gasteiger partial charge on any atom is -0.352 e. The van der Waals surface area contributed by atoms with Gasteiger partial charge in [-0.25, -0.2) is 4.79 Å². The largest absolute Gasteiger partial charge is 0.352 e. The number of urea groups is 1. The van der Waals surface area contributed by atoms with Crippen molar-refractivity contribution in [1.82, 2.24) is 15.1 Å². The van der Waals surface area contributed by atoms with Gasteiger partial charge in [0.25, 0.3) is 0 Å². The minimum atomic E-state index is -0.700. The molecule has 0 bridgehead atoms. The van der Waals surface area contributed by atoms with Crippen LogP contribution in [0.15, 0.2) is 30.3 Å². The Balaban J connectivity index is 1.65. The van der Waals surface area contributed by atoms with Crippen LogP contribution in [0.2, 0.25) is 0 Å². The number of likely N-dealkylation sites (tertiary alicyclic amines) is 2. The number of carbonyl (C=O) groups is 3. The average molecular weight is 344 g/mol. The molecule has 25 heavy (non-hydrogen) atoms. The Labute approximate surface area is 147 Å². The van der Waals surface area contributed by atoms with Crippen LogP contribution in [0.25, 0.3) is 0 Å². The summed E-state index contributed by atoms with van der Waals surface area (Å²) in [5.41, 5.74) is 5.87. The molecule has 0 saturated carbocycles. The number of rotatable bonds is 3. The van der Waals surface area contributed by atoms with Crippen molar-refractivity contribution < 1.29 is 14.4 Å². The highest BCUT2D eigenvalue weighted by Gasteiger charge is 2.50. The SMILES string of the molecule is CN1C(=O)[C@@H](c2ccccc2)CC12CCN(C(=O)CNC(N)=O)CC2. The minimum absolute atomic E-state index is 0.0796. The monoisotopic (exact) mass is 344 g/mol. The first kappa shape index (κ1) is 17.3. The molecule has 1 aromatic carbocycles. The van der Waals surface area contributed by atoms with E-state index in [1.807, 2.05) is 42.3 Å². The lowest BCUT2D eigenvalue weighted by atomic mass is 9.81. The van der Waals surface area contributed by atoms with Gasteiger partial charge < -0.3 is 20.9 Å². The Bertz CT molecular complexity index is 668. The zero-order valence-corrected chi connectivity index (χ0v) is 14.4. The molecule has 1 atom stereocenters. The van der Waals surface area contributed by atoms with Crippen LogP contribution < -0.4 is 11.1 Å². The lowest BCUT2D eigenvalue weighted by Crippen LogP contribution is -2.54. The summed E-state index contributed by atoms with van der Waals surface area (Å²) in [6.45, 7) is 1.08. The highest BCUT2D eigenvalue weighted by Crippen LogP contribution is 2.44. The maximum Gasteiger partial charge on any atom is 0.312 e. The third-order valence-electron chi connectivity index (χ3n) is 5.59. The number of piperidine rings is 1. The molecular weight excluding hydrogens is 320 g/mol. The normalized spacial score (nSPS) is 22.3. The molecule has 7 heteroatoms. The maximum atomic E-state index is 12.8. The van der Waals surface area contributed by atoms with Gasteiger partial charge in [0.1, 0.15) is 0 Å². The molecule has 3 rings (SSSR count). The van der Waals surface area contributed by atoms with Crippen molar-refractivity contribution in [2.75, 3.05) is 26.7 Å². The predicted molar refractivity (Wildman–Crippen MR) is 92.7 cm³/mol. The van der Waals surface area contributed by atoms with Crippen LogP contribution in [0.5, 0.6) is 0 Å². The fourth-order valence-corrected chi connectivity index (χ4v) is 4.00. The molecule has 0 aromatic heterocycles. The van der Waals surface area contributed by atoms with Gasteiger partial charge in [-0.05, 0) is 24.8 Å². The van der Waals surface area contributed by atoms with E-state index >= 15 is 0 Å². The third kappa shape index (κ3) is 3.31. The summed E-state index contributed by atoms with van der Waals surface area (Å²) < 4.78 is 0. The van der Waals surface area contributed by atoms with Gasteiger partial charge >= 0.3 is 6.03 Å². The van der Waals surface area contributed by atoms with Crippen LogP contribution in [0, 0.1) is 0 Å². The number of hydrogen-bond acceptors (Lipinski definition) is 3. The summed E-state index contributed by atoms with van der Waals surface area (Å²) >= 11 is 0. The molecule has 3 N–H and O–H groups in total. The predicted octanol–water partition coefficient (Wildman–Crippen LogP) is 0.662. The molecule has 1 spiro atoms. The second kappa shape index (κ2) is 6.74. The van der Waals surface area contributed by atoms with Crippen molar-refractivity contribution in [3.8, 4) is 0 Å². The maximum absolute atomic E-state index is 12.8. The first-order valence-electron chi connectivity index (χ1n) is 8.57. The summed E-state index contributed by atoms with van der Waals surface area (Å²) in [4.78, 5) is 39.2. The molecule has 134 valence electrons. The number of nitrogens with one attached hydrogen (secondary N) is 1. The van der Waals surface area contributed by atoms with Crippen LogP contribution in [0.4, 0.5) is 4.79 Å². The second-order valence-corrected chi connectivity index (χ2v) is 6.89. The summed E-state index contributed by atoms with van der Waals surface area (Å²) in [6, 6.07) is 9.18. The van der Waals surface area contributed by atoms with E-state index in [9.17, 15) is 14.4 Å². The van der Waals surface area contributed by atoms with Crippen molar-refractivity contribution >= 4 is 17.8 Å². The Morgan fingerprint density at radius 3 is 2.48 bits per heavy atom. The smallest absolute Gasteiger partial charge is 0.312 e. The van der Waals surface area contributed by atoms with Gasteiger partial charge in [-0.15, -0.1) is 0 Å². The molecule has 2 heterocycles. The van der Waals surface area contributed by atoms with Crippen LogP contribution in [0.1, 0.15) is 30.7 Å². The van der Waals surface area contributed by atoms with Crippen LogP contribution >= 0.6 is 0 Å². The number of nitrogens with zero attached hydrogens (tertiary/aromatic N) is 2. The number of nitrogens with two attached hydrogens (primary N) is 1. The van der Waals surface area contributed by atoms with Crippen LogP contribution in [-0.4, -0.2) is 59.9 Å². The van der Waals surface area contributed by atoms with E-state index in [1.54, 1.807) is 4.90 Å². The first-order chi connectivity index (χ1) is 11.9. The summed E-state index contributed by atoms with van der Waals surface area (Å²) in [5, 5.41) is 2.33. The Hall–Kier alpha value is -2.57. The van der Waals surface area contributed by atoms with Crippen LogP contribution in [0.3, 0.4) is 0 Å². The molecule has 1 aromatic rings. The number of hydrogen-bond donors (Lipinski definition) is 2. The highest BCUT2D eigenvalue weighted by atomic mass is 16.2. The Kier molecular flexibility index (Phi) is 4.65. The van der Waals surface area contributed by atoms with E-state index in [2.05, 4.69) is 5.32 Å². The van der Waals surface area contributed by atoms with Crippen molar-refractivity contribution in [3.63, 3.8) is 0 Å². The number of amides is 4. The van der Waals surface area contributed by atoms with Gasteiger partial charge in [0.15, 0.2) is 0 Å². The zero-order valence-electron chi connectivity index (χ0n) is 14.4.